The van der Waals surface area contributed by atoms with Gasteiger partial charge in [0.25, 0.3) is 5.92 Å². The second kappa shape index (κ2) is 2.65. The topological polar surface area (TPSA) is 0 Å². The van der Waals surface area contributed by atoms with Gasteiger partial charge in [-0.25, -0.2) is 8.78 Å². The van der Waals surface area contributed by atoms with Crippen LogP contribution in [-0.2, 0) is 0 Å². The third kappa shape index (κ3) is 2.48. The largest absolute Gasteiger partial charge is 0.281 e. The van der Waals surface area contributed by atoms with Crippen molar-refractivity contribution in [3.63, 3.8) is 0 Å². The number of allylic oxidation sites excluding steroid dienone is 1. The zero-order chi connectivity index (χ0) is 6.78. The maximum absolute atomic E-state index is 11.8. The van der Waals surface area contributed by atoms with E-state index in [4.69, 9.17) is 23.2 Å². The highest BCUT2D eigenvalue weighted by atomic mass is 35.5. The first kappa shape index (κ1) is 8.18. The first-order valence-corrected chi connectivity index (χ1v) is 2.64. The van der Waals surface area contributed by atoms with Gasteiger partial charge >= 0.3 is 0 Å². The summed E-state index contributed by atoms with van der Waals surface area (Å²) in [7, 11) is 0. The molecule has 0 nitrogen and oxygen atoms in total. The van der Waals surface area contributed by atoms with Crippen molar-refractivity contribution in [2.75, 3.05) is 0 Å². The quantitative estimate of drug-likeness (QED) is 0.554. The molecule has 0 unspecified atom stereocenters. The van der Waals surface area contributed by atoms with E-state index in [9.17, 15) is 8.78 Å². The Balaban J connectivity index is 4.03. The Morgan fingerprint density at radius 2 is 2.00 bits per heavy atom. The molecule has 0 saturated carbocycles. The standard InChI is InChI=1S/C4H4Cl2F2/c1-4(7,8)3(6)2-5/h2H,1H3/b3-2-. The van der Waals surface area contributed by atoms with Gasteiger partial charge < -0.3 is 0 Å². The van der Waals surface area contributed by atoms with E-state index in [1.54, 1.807) is 0 Å². The zero-order valence-corrected chi connectivity index (χ0v) is 5.60. The van der Waals surface area contributed by atoms with Crippen LogP contribution in [0.15, 0.2) is 10.6 Å². The number of halogens is 4. The molecule has 48 valence electrons. The van der Waals surface area contributed by atoms with Crippen molar-refractivity contribution in [1.82, 2.24) is 0 Å². The van der Waals surface area contributed by atoms with Crippen molar-refractivity contribution < 1.29 is 8.78 Å². The van der Waals surface area contributed by atoms with Gasteiger partial charge in [0.15, 0.2) is 0 Å². The number of hydrogen-bond acceptors (Lipinski definition) is 0. The van der Waals surface area contributed by atoms with Crippen molar-refractivity contribution in [1.29, 1.82) is 0 Å². The lowest BCUT2D eigenvalue weighted by Crippen LogP contribution is -2.08. The number of rotatable bonds is 1. The molecule has 0 atom stereocenters. The molecule has 0 heterocycles. The first-order chi connectivity index (χ1) is 3.48. The molecule has 4 heteroatoms. The highest BCUT2D eigenvalue weighted by Crippen LogP contribution is 2.26. The summed E-state index contributed by atoms with van der Waals surface area (Å²) in [4.78, 5) is 0. The molecule has 8 heavy (non-hydrogen) atoms. The fourth-order valence-electron chi connectivity index (χ4n) is 0.0958. The Kier molecular flexibility index (Phi) is 2.71. The normalized spacial score (nSPS) is 14.4. The van der Waals surface area contributed by atoms with E-state index in [-0.39, 0.29) is 0 Å². The molecule has 0 radical (unpaired) electrons. The highest BCUT2D eigenvalue weighted by molar-refractivity contribution is 6.37. The average molecular weight is 161 g/mol. The number of hydrogen-bond donors (Lipinski definition) is 0. The van der Waals surface area contributed by atoms with Crippen LogP contribution in [0.1, 0.15) is 6.92 Å². The Morgan fingerprint density at radius 3 is 2.00 bits per heavy atom. The van der Waals surface area contributed by atoms with Crippen LogP contribution in [0.25, 0.3) is 0 Å². The summed E-state index contributed by atoms with van der Waals surface area (Å²) in [5.41, 5.74) is 0.654. The maximum Gasteiger partial charge on any atom is 0.281 e. The minimum atomic E-state index is -3.00. The van der Waals surface area contributed by atoms with Gasteiger partial charge in [-0.1, -0.05) is 23.2 Å². The second-order valence-electron chi connectivity index (χ2n) is 1.35. The summed E-state index contributed by atoms with van der Waals surface area (Å²) in [6.07, 6.45) is 0. The molecule has 0 rings (SSSR count). The lowest BCUT2D eigenvalue weighted by Gasteiger charge is -2.05. The van der Waals surface area contributed by atoms with E-state index < -0.39 is 11.0 Å². The van der Waals surface area contributed by atoms with Gasteiger partial charge in [0.2, 0.25) is 0 Å². The van der Waals surface area contributed by atoms with E-state index in [1.807, 2.05) is 0 Å². The molecule has 0 fully saturated rings. The summed E-state index contributed by atoms with van der Waals surface area (Å²) in [5, 5.41) is -0.640. The highest BCUT2D eigenvalue weighted by Gasteiger charge is 2.25. The Bertz CT molecular complexity index is 103. The van der Waals surface area contributed by atoms with Gasteiger partial charge in [-0.2, -0.15) is 0 Å². The third-order valence-electron chi connectivity index (χ3n) is 0.515. The summed E-state index contributed by atoms with van der Waals surface area (Å²) < 4.78 is 23.7. The average Bonchev–Trinajstić information content (AvgIpc) is 1.62. The van der Waals surface area contributed by atoms with Gasteiger partial charge in [-0.3, -0.25) is 0 Å². The van der Waals surface area contributed by atoms with E-state index in [1.165, 1.54) is 0 Å². The summed E-state index contributed by atoms with van der Waals surface area (Å²) >= 11 is 9.78. The van der Waals surface area contributed by atoms with Crippen molar-refractivity contribution in [3.05, 3.63) is 10.6 Å². The molecule has 0 aliphatic heterocycles. The Morgan fingerprint density at radius 1 is 1.62 bits per heavy atom. The molecular weight excluding hydrogens is 157 g/mol. The van der Waals surface area contributed by atoms with Crippen molar-refractivity contribution in [2.45, 2.75) is 12.8 Å². The van der Waals surface area contributed by atoms with Crippen molar-refractivity contribution in [2.24, 2.45) is 0 Å². The van der Waals surface area contributed by atoms with Gasteiger partial charge in [-0.15, -0.1) is 0 Å². The molecule has 0 aliphatic carbocycles. The Hall–Kier alpha value is 0.180. The number of alkyl halides is 2. The molecule has 0 aromatic rings. The lowest BCUT2D eigenvalue weighted by atomic mass is 10.4. The predicted molar refractivity (Wildman–Crippen MR) is 30.4 cm³/mol. The monoisotopic (exact) mass is 160 g/mol. The first-order valence-electron chi connectivity index (χ1n) is 1.82. The molecule has 0 spiro atoms. The van der Waals surface area contributed by atoms with Gasteiger partial charge in [0, 0.05) is 12.5 Å². The SMILES string of the molecule is CC(F)(F)/C(Cl)=C/Cl. The zero-order valence-electron chi connectivity index (χ0n) is 4.09. The molecule has 0 saturated heterocycles. The van der Waals surface area contributed by atoms with Crippen LogP contribution in [0.4, 0.5) is 8.78 Å². The third-order valence-corrected chi connectivity index (χ3v) is 1.29. The van der Waals surface area contributed by atoms with E-state index in [0.717, 1.165) is 0 Å². The molecule has 0 aliphatic rings. The lowest BCUT2D eigenvalue weighted by molar-refractivity contribution is 0.0722. The van der Waals surface area contributed by atoms with Gasteiger partial charge in [0.05, 0.1) is 5.03 Å². The molecule has 0 aromatic carbocycles. The molecule has 0 N–H and O–H groups in total. The van der Waals surface area contributed by atoms with Crippen LogP contribution in [0.3, 0.4) is 0 Å². The molecular formula is C4H4Cl2F2. The van der Waals surface area contributed by atoms with Crippen LogP contribution < -0.4 is 0 Å². The van der Waals surface area contributed by atoms with Crippen LogP contribution in [0.5, 0.6) is 0 Å². The minimum absolute atomic E-state index is 0.640. The van der Waals surface area contributed by atoms with Crippen LogP contribution in [0.2, 0.25) is 0 Å². The van der Waals surface area contributed by atoms with Gasteiger partial charge in [0.1, 0.15) is 0 Å². The van der Waals surface area contributed by atoms with Crippen LogP contribution in [-0.4, -0.2) is 5.92 Å². The van der Waals surface area contributed by atoms with E-state index >= 15 is 0 Å². The molecule has 0 amide bonds. The molecule has 0 bridgehead atoms. The van der Waals surface area contributed by atoms with Crippen LogP contribution in [0, 0.1) is 0 Å². The second-order valence-corrected chi connectivity index (χ2v) is 1.97. The smallest absolute Gasteiger partial charge is 0.201 e. The van der Waals surface area contributed by atoms with Gasteiger partial charge in [-0.05, 0) is 0 Å². The minimum Gasteiger partial charge on any atom is -0.201 e. The van der Waals surface area contributed by atoms with Crippen LogP contribution >= 0.6 is 23.2 Å². The van der Waals surface area contributed by atoms with E-state index in [0.29, 0.717) is 12.5 Å². The summed E-state index contributed by atoms with van der Waals surface area (Å²) in [6, 6.07) is 0. The Labute approximate surface area is 56.1 Å². The summed E-state index contributed by atoms with van der Waals surface area (Å²) in [5.74, 6) is -3.00. The fourth-order valence-corrected chi connectivity index (χ4v) is 0.287. The maximum atomic E-state index is 11.8. The van der Waals surface area contributed by atoms with E-state index in [2.05, 4.69) is 0 Å². The van der Waals surface area contributed by atoms with Crippen molar-refractivity contribution in [3.8, 4) is 0 Å². The van der Waals surface area contributed by atoms with Crippen molar-refractivity contribution >= 4 is 23.2 Å². The fraction of sp³-hybridized carbons (Fsp3) is 0.500. The molecule has 0 aromatic heterocycles. The summed E-state index contributed by atoms with van der Waals surface area (Å²) in [6.45, 7) is 0.675. The predicted octanol–water partition coefficient (Wildman–Crippen LogP) is 2.96.